The molecule has 1 saturated heterocycles. The lowest BCUT2D eigenvalue weighted by atomic mass is 9.78. The maximum atomic E-state index is 16.1. The number of nitrogens with one attached hydrogen (secondary N) is 1. The molecule has 1 amide bonds. The van der Waals surface area contributed by atoms with Gasteiger partial charge in [-0.2, -0.15) is 26.3 Å². The molecular formula is C28H26F8N2O5S. The Balaban J connectivity index is 1.63. The van der Waals surface area contributed by atoms with Crippen molar-refractivity contribution >= 4 is 27.4 Å². The molecule has 44 heavy (non-hydrogen) atoms. The Morgan fingerprint density at radius 1 is 0.909 bits per heavy atom. The summed E-state index contributed by atoms with van der Waals surface area (Å²) in [5.41, 5.74) is -10.9. The van der Waals surface area contributed by atoms with E-state index in [1.54, 1.807) is 0 Å². The van der Waals surface area contributed by atoms with Gasteiger partial charge in [0.1, 0.15) is 4.75 Å². The molecular weight excluding hydrogens is 628 g/mol. The first kappa shape index (κ1) is 32.0. The fraction of sp³-hybridized carbons (Fsp3) is 0.500. The third-order valence-electron chi connectivity index (χ3n) is 9.08. The van der Waals surface area contributed by atoms with Gasteiger partial charge in [-0.05, 0) is 55.9 Å². The molecule has 16 heteroatoms. The van der Waals surface area contributed by atoms with Gasteiger partial charge in [0.05, 0.1) is 16.9 Å². The molecule has 2 unspecified atom stereocenters. The van der Waals surface area contributed by atoms with Gasteiger partial charge in [-0.15, -0.1) is 0 Å². The average Bonchev–Trinajstić information content (AvgIpc) is 3.37. The highest BCUT2D eigenvalue weighted by Crippen LogP contribution is 2.57. The van der Waals surface area contributed by atoms with Crippen LogP contribution < -0.4 is 5.32 Å². The Labute approximate surface area is 246 Å². The minimum Gasteiger partial charge on any atom is -0.481 e. The zero-order valence-electron chi connectivity index (χ0n) is 22.7. The van der Waals surface area contributed by atoms with Crippen LogP contribution in [-0.2, 0) is 29.8 Å². The van der Waals surface area contributed by atoms with Crippen molar-refractivity contribution in [1.82, 2.24) is 4.90 Å². The average molecular weight is 655 g/mol. The first-order chi connectivity index (χ1) is 20.3. The first-order valence-electron chi connectivity index (χ1n) is 13.5. The summed E-state index contributed by atoms with van der Waals surface area (Å²) in [5.74, 6) is -3.10. The predicted octanol–water partition coefficient (Wildman–Crippen LogP) is 5.65. The molecule has 0 spiro atoms. The van der Waals surface area contributed by atoms with Crippen molar-refractivity contribution in [2.75, 3.05) is 18.4 Å². The van der Waals surface area contributed by atoms with Crippen molar-refractivity contribution in [3.63, 3.8) is 0 Å². The maximum absolute atomic E-state index is 16.1. The maximum Gasteiger partial charge on any atom is 0.435 e. The number of carbonyl (C=O) groups is 2. The van der Waals surface area contributed by atoms with Gasteiger partial charge in [-0.1, -0.05) is 30.3 Å². The normalized spacial score (nSPS) is 27.7. The van der Waals surface area contributed by atoms with Gasteiger partial charge < -0.3 is 15.3 Å². The van der Waals surface area contributed by atoms with Crippen LogP contribution in [0.1, 0.15) is 43.2 Å². The highest BCUT2D eigenvalue weighted by Gasteiger charge is 2.74. The smallest absolute Gasteiger partial charge is 0.435 e. The Kier molecular flexibility index (Phi) is 7.49. The molecule has 2 aliphatic heterocycles. The second kappa shape index (κ2) is 10.3. The number of carbonyl (C=O) groups excluding carboxylic acids is 1. The van der Waals surface area contributed by atoms with Crippen LogP contribution in [0.5, 0.6) is 0 Å². The van der Waals surface area contributed by atoms with Gasteiger partial charge in [-0.25, -0.2) is 17.2 Å². The van der Waals surface area contributed by atoms with Crippen LogP contribution in [0.25, 0.3) is 0 Å². The van der Waals surface area contributed by atoms with Gasteiger partial charge in [-0.3, -0.25) is 9.59 Å². The molecule has 2 atom stereocenters. The fourth-order valence-corrected chi connectivity index (χ4v) is 9.06. The molecule has 2 fully saturated rings. The number of sulfone groups is 1. The molecule has 240 valence electrons. The summed E-state index contributed by atoms with van der Waals surface area (Å²) in [6.45, 7) is -0.871. The van der Waals surface area contributed by atoms with Gasteiger partial charge in [0.15, 0.2) is 15.5 Å². The van der Waals surface area contributed by atoms with Gasteiger partial charge in [0.25, 0.3) is 5.91 Å². The minimum atomic E-state index is -6.41. The number of anilines is 1. The molecule has 0 bridgehead atoms. The topological polar surface area (TPSA) is 104 Å². The molecule has 1 aliphatic carbocycles. The molecule has 7 nitrogen and oxygen atoms in total. The number of hydrogen-bond acceptors (Lipinski definition) is 5. The SMILES string of the molecule is O=C(O)[C@H]1CC[C@](F)(C(=O)N2CCC3(S(=O)(=O)c4ccccc4)c4ccc(C(F)(C(F)(F)F)C(F)(F)F)cc4NCC23)CC1. The van der Waals surface area contributed by atoms with Crippen molar-refractivity contribution in [3.05, 3.63) is 59.7 Å². The molecule has 2 N–H and O–H groups in total. The number of hydrogen-bond donors (Lipinski definition) is 2. The third kappa shape index (κ3) is 4.53. The molecule has 2 heterocycles. The van der Waals surface area contributed by atoms with E-state index in [0.29, 0.717) is 6.07 Å². The van der Waals surface area contributed by atoms with Crippen molar-refractivity contribution in [1.29, 1.82) is 0 Å². The Morgan fingerprint density at radius 3 is 2.05 bits per heavy atom. The summed E-state index contributed by atoms with van der Waals surface area (Å²) in [4.78, 5) is 25.7. The summed E-state index contributed by atoms with van der Waals surface area (Å²) >= 11 is 0. The number of nitrogens with zero attached hydrogens (tertiary/aromatic N) is 1. The van der Waals surface area contributed by atoms with E-state index in [2.05, 4.69) is 5.32 Å². The summed E-state index contributed by atoms with van der Waals surface area (Å²) in [6, 6.07) is 6.54. The van der Waals surface area contributed by atoms with Gasteiger partial charge in [0, 0.05) is 24.3 Å². The predicted molar refractivity (Wildman–Crippen MR) is 139 cm³/mol. The molecule has 0 aromatic heterocycles. The summed E-state index contributed by atoms with van der Waals surface area (Å²) in [7, 11) is -4.59. The molecule has 3 aliphatic rings. The standard InChI is InChI=1S/C28H26F8N2O5S/c29-24(10-8-16(9-11-24)22(39)40)23(41)38-13-12-25(44(42,43)18-4-2-1-3-5-18)19-7-6-17(14-20(19)37-15-21(25)38)26(30,27(31,32)33)28(34,35)36/h1-7,14,16,21,37H,8-13,15H2,(H,39,40)/t16-,21?,24+,25?. The Bertz CT molecular complexity index is 1560. The molecule has 5 rings (SSSR count). The lowest BCUT2D eigenvalue weighted by molar-refractivity contribution is -0.348. The highest BCUT2D eigenvalue weighted by molar-refractivity contribution is 7.92. The molecule has 2 aromatic rings. The van der Waals surface area contributed by atoms with Crippen LogP contribution in [0.3, 0.4) is 0 Å². The van der Waals surface area contributed by atoms with Crippen LogP contribution >= 0.6 is 0 Å². The van der Waals surface area contributed by atoms with Crippen LogP contribution in [0.4, 0.5) is 40.8 Å². The van der Waals surface area contributed by atoms with Crippen molar-refractivity contribution in [3.8, 4) is 0 Å². The van der Waals surface area contributed by atoms with Gasteiger partial charge >= 0.3 is 24.0 Å². The van der Waals surface area contributed by atoms with E-state index < -0.39 is 99.2 Å². The third-order valence-corrected chi connectivity index (χ3v) is 11.6. The van der Waals surface area contributed by atoms with E-state index in [4.69, 9.17) is 0 Å². The number of amides is 1. The fourth-order valence-electron chi connectivity index (χ4n) is 6.72. The summed E-state index contributed by atoms with van der Waals surface area (Å²) < 4.78 is 139. The molecule has 2 aromatic carbocycles. The number of benzene rings is 2. The quantitative estimate of drug-likeness (QED) is 0.404. The number of rotatable bonds is 5. The summed E-state index contributed by atoms with van der Waals surface area (Å²) in [5, 5.41) is 11.8. The van der Waals surface area contributed by atoms with Crippen LogP contribution in [0.2, 0.25) is 0 Å². The first-order valence-corrected chi connectivity index (χ1v) is 15.0. The minimum absolute atomic E-state index is 0.142. The van der Waals surface area contributed by atoms with E-state index in [1.807, 2.05) is 0 Å². The van der Waals surface area contributed by atoms with Crippen LogP contribution in [-0.4, -0.2) is 67.5 Å². The van der Waals surface area contributed by atoms with Crippen molar-refractivity contribution < 1.29 is 58.2 Å². The molecule has 1 saturated carbocycles. The number of carboxylic acids is 1. The van der Waals surface area contributed by atoms with E-state index >= 15 is 4.39 Å². The zero-order valence-corrected chi connectivity index (χ0v) is 23.5. The monoisotopic (exact) mass is 654 g/mol. The van der Waals surface area contributed by atoms with Crippen LogP contribution in [0, 0.1) is 5.92 Å². The second-order valence-electron chi connectivity index (χ2n) is 11.3. The number of fused-ring (bicyclic) bond motifs is 3. The number of likely N-dealkylation sites (tertiary alicyclic amines) is 1. The van der Waals surface area contributed by atoms with E-state index in [1.165, 1.54) is 30.3 Å². The largest absolute Gasteiger partial charge is 0.481 e. The Hall–Kier alpha value is -3.43. The van der Waals surface area contributed by atoms with Crippen LogP contribution in [0.15, 0.2) is 53.4 Å². The lowest BCUT2D eigenvalue weighted by Crippen LogP contribution is -2.59. The van der Waals surface area contributed by atoms with E-state index in [9.17, 15) is 53.8 Å². The van der Waals surface area contributed by atoms with E-state index in [0.717, 1.165) is 4.90 Å². The lowest BCUT2D eigenvalue weighted by Gasteiger charge is -2.44. The van der Waals surface area contributed by atoms with Crippen molar-refractivity contribution in [2.45, 2.75) is 71.5 Å². The second-order valence-corrected chi connectivity index (χ2v) is 13.6. The van der Waals surface area contributed by atoms with Crippen molar-refractivity contribution in [2.24, 2.45) is 5.92 Å². The molecule has 0 radical (unpaired) electrons. The number of alkyl halides is 8. The Morgan fingerprint density at radius 2 is 1.50 bits per heavy atom. The number of carboxylic acid groups (broad SMARTS) is 1. The van der Waals surface area contributed by atoms with Gasteiger partial charge in [0.2, 0.25) is 0 Å². The summed E-state index contributed by atoms with van der Waals surface area (Å²) in [6.07, 6.45) is -14.4. The van der Waals surface area contributed by atoms with E-state index in [-0.39, 0.29) is 42.0 Å². The number of aliphatic carboxylic acids is 1. The highest BCUT2D eigenvalue weighted by atomic mass is 32.2. The number of halogens is 8. The zero-order chi connectivity index (χ0) is 32.5.